The van der Waals surface area contributed by atoms with Crippen molar-refractivity contribution >= 4 is 33.5 Å². The van der Waals surface area contributed by atoms with Crippen LogP contribution in [-0.2, 0) is 0 Å². The molecule has 0 bridgehead atoms. The SMILES string of the molecule is Cc1cc(C)n(-c2cccc(Oc3cc(Cl)c4oc5ccccc5c4c3)c2)n1. The van der Waals surface area contributed by atoms with E-state index in [1.165, 1.54) is 0 Å². The van der Waals surface area contributed by atoms with Crippen LogP contribution in [0.15, 0.2) is 71.1 Å². The summed E-state index contributed by atoms with van der Waals surface area (Å²) in [6.45, 7) is 4.02. The molecule has 0 fully saturated rings. The average molecular weight is 389 g/mol. The van der Waals surface area contributed by atoms with Crippen molar-refractivity contribution in [2.45, 2.75) is 13.8 Å². The molecule has 0 aliphatic rings. The zero-order valence-electron chi connectivity index (χ0n) is 15.4. The third kappa shape index (κ3) is 2.83. The smallest absolute Gasteiger partial charge is 0.154 e. The lowest BCUT2D eigenvalue weighted by molar-refractivity contribution is 0.482. The van der Waals surface area contributed by atoms with E-state index in [1.54, 1.807) is 6.07 Å². The molecule has 5 rings (SSSR count). The largest absolute Gasteiger partial charge is 0.457 e. The van der Waals surface area contributed by atoms with Crippen molar-refractivity contribution < 1.29 is 9.15 Å². The van der Waals surface area contributed by atoms with Gasteiger partial charge in [0.25, 0.3) is 0 Å². The normalized spacial score (nSPS) is 11.4. The highest BCUT2D eigenvalue weighted by molar-refractivity contribution is 6.36. The van der Waals surface area contributed by atoms with Crippen molar-refractivity contribution in [3.05, 3.63) is 83.1 Å². The van der Waals surface area contributed by atoms with Gasteiger partial charge in [-0.3, -0.25) is 0 Å². The van der Waals surface area contributed by atoms with E-state index >= 15 is 0 Å². The number of rotatable bonds is 3. The number of fused-ring (bicyclic) bond motifs is 3. The molecule has 4 nitrogen and oxygen atoms in total. The molecule has 0 amide bonds. The van der Waals surface area contributed by atoms with Crippen molar-refractivity contribution in [1.82, 2.24) is 9.78 Å². The quantitative estimate of drug-likeness (QED) is 0.340. The minimum Gasteiger partial charge on any atom is -0.457 e. The lowest BCUT2D eigenvalue weighted by Gasteiger charge is -2.09. The van der Waals surface area contributed by atoms with Gasteiger partial charge in [0.05, 0.1) is 16.4 Å². The van der Waals surface area contributed by atoms with Crippen molar-refractivity contribution in [2.75, 3.05) is 0 Å². The average Bonchev–Trinajstić information content (AvgIpc) is 3.22. The summed E-state index contributed by atoms with van der Waals surface area (Å²) in [5.41, 5.74) is 4.48. The number of aromatic nitrogens is 2. The van der Waals surface area contributed by atoms with Crippen LogP contribution in [0.2, 0.25) is 5.02 Å². The fraction of sp³-hybridized carbons (Fsp3) is 0.0870. The molecule has 3 aromatic carbocycles. The highest BCUT2D eigenvalue weighted by atomic mass is 35.5. The minimum absolute atomic E-state index is 0.526. The minimum atomic E-state index is 0.526. The number of benzene rings is 3. The van der Waals surface area contributed by atoms with Gasteiger partial charge in [0.1, 0.15) is 17.1 Å². The summed E-state index contributed by atoms with van der Waals surface area (Å²) in [5.74, 6) is 1.38. The maximum Gasteiger partial charge on any atom is 0.154 e. The van der Waals surface area contributed by atoms with Gasteiger partial charge < -0.3 is 9.15 Å². The molecule has 0 spiro atoms. The molecule has 0 aliphatic carbocycles. The Kier molecular flexibility index (Phi) is 3.88. The maximum absolute atomic E-state index is 6.46. The fourth-order valence-corrected chi connectivity index (χ4v) is 3.77. The van der Waals surface area contributed by atoms with E-state index in [-0.39, 0.29) is 0 Å². The second kappa shape index (κ2) is 6.43. The molecule has 0 saturated heterocycles. The van der Waals surface area contributed by atoms with Crippen LogP contribution >= 0.6 is 11.6 Å². The highest BCUT2D eigenvalue weighted by Gasteiger charge is 2.13. The Morgan fingerprint density at radius 3 is 2.57 bits per heavy atom. The number of para-hydroxylation sites is 1. The first-order chi connectivity index (χ1) is 13.6. The number of hydrogen-bond acceptors (Lipinski definition) is 3. The first-order valence-corrected chi connectivity index (χ1v) is 9.39. The van der Waals surface area contributed by atoms with Gasteiger partial charge in [-0.2, -0.15) is 5.10 Å². The molecular formula is C23H17ClN2O2. The molecule has 138 valence electrons. The summed E-state index contributed by atoms with van der Waals surface area (Å²) in [5, 5.41) is 7.02. The van der Waals surface area contributed by atoms with E-state index < -0.39 is 0 Å². The highest BCUT2D eigenvalue weighted by Crippen LogP contribution is 2.37. The summed E-state index contributed by atoms with van der Waals surface area (Å²) >= 11 is 6.46. The van der Waals surface area contributed by atoms with Crippen LogP contribution in [0.25, 0.3) is 27.6 Å². The van der Waals surface area contributed by atoms with Crippen molar-refractivity contribution in [1.29, 1.82) is 0 Å². The van der Waals surface area contributed by atoms with Crippen LogP contribution in [0.4, 0.5) is 0 Å². The van der Waals surface area contributed by atoms with Crippen LogP contribution in [0.1, 0.15) is 11.4 Å². The van der Waals surface area contributed by atoms with E-state index in [0.717, 1.165) is 33.4 Å². The lowest BCUT2D eigenvalue weighted by atomic mass is 10.1. The molecule has 2 aromatic heterocycles. The van der Waals surface area contributed by atoms with E-state index in [9.17, 15) is 0 Å². The van der Waals surface area contributed by atoms with Gasteiger partial charge in [0.15, 0.2) is 5.58 Å². The number of hydrogen-bond donors (Lipinski definition) is 0. The molecule has 0 radical (unpaired) electrons. The number of aryl methyl sites for hydroxylation is 2. The number of halogens is 1. The molecule has 0 aliphatic heterocycles. The van der Waals surface area contributed by atoms with Gasteiger partial charge in [-0.15, -0.1) is 0 Å². The Morgan fingerprint density at radius 2 is 1.75 bits per heavy atom. The third-order valence-electron chi connectivity index (χ3n) is 4.71. The molecular weight excluding hydrogens is 372 g/mol. The van der Waals surface area contributed by atoms with Gasteiger partial charge in [-0.05, 0) is 44.2 Å². The predicted octanol–water partition coefficient (Wildman–Crippen LogP) is 6.83. The Hall–Kier alpha value is -3.24. The number of nitrogens with zero attached hydrogens (tertiary/aromatic N) is 2. The topological polar surface area (TPSA) is 40.2 Å². The Morgan fingerprint density at radius 1 is 0.893 bits per heavy atom. The van der Waals surface area contributed by atoms with Crippen LogP contribution < -0.4 is 4.74 Å². The monoisotopic (exact) mass is 388 g/mol. The molecule has 0 N–H and O–H groups in total. The molecule has 0 atom stereocenters. The van der Waals surface area contributed by atoms with Crippen molar-refractivity contribution in [2.24, 2.45) is 0 Å². The lowest BCUT2D eigenvalue weighted by Crippen LogP contribution is -1.99. The molecule has 2 heterocycles. The number of furan rings is 1. The Balaban J connectivity index is 1.56. The Labute approximate surface area is 166 Å². The zero-order valence-corrected chi connectivity index (χ0v) is 16.2. The maximum atomic E-state index is 6.46. The van der Waals surface area contributed by atoms with Crippen LogP contribution in [0, 0.1) is 13.8 Å². The Bertz CT molecular complexity index is 1330. The first-order valence-electron chi connectivity index (χ1n) is 9.01. The number of ether oxygens (including phenoxy) is 1. The van der Waals surface area contributed by atoms with Crippen LogP contribution in [0.5, 0.6) is 11.5 Å². The van der Waals surface area contributed by atoms with Gasteiger partial charge in [0.2, 0.25) is 0 Å². The zero-order chi connectivity index (χ0) is 19.3. The summed E-state index contributed by atoms with van der Waals surface area (Å²) < 4.78 is 13.9. The van der Waals surface area contributed by atoms with Crippen molar-refractivity contribution in [3.8, 4) is 17.2 Å². The molecule has 28 heavy (non-hydrogen) atoms. The van der Waals surface area contributed by atoms with Crippen molar-refractivity contribution in [3.63, 3.8) is 0 Å². The summed E-state index contributed by atoms with van der Waals surface area (Å²) in [6.07, 6.45) is 0. The standard InChI is InChI=1S/C23H17ClN2O2/c1-14-10-15(2)26(25-14)16-6-5-7-17(11-16)27-18-12-20-19-8-3-4-9-22(19)28-23(20)21(24)13-18/h3-13H,1-2H3. The van der Waals surface area contributed by atoms with Gasteiger partial charge in [0, 0.05) is 28.6 Å². The first kappa shape index (κ1) is 16.9. The van der Waals surface area contributed by atoms with Crippen LogP contribution in [-0.4, -0.2) is 9.78 Å². The molecule has 5 heteroatoms. The van der Waals surface area contributed by atoms with E-state index in [4.69, 9.17) is 20.8 Å². The summed E-state index contributed by atoms with van der Waals surface area (Å²) in [7, 11) is 0. The summed E-state index contributed by atoms with van der Waals surface area (Å²) in [4.78, 5) is 0. The fourth-order valence-electron chi connectivity index (χ4n) is 3.52. The van der Waals surface area contributed by atoms with Gasteiger partial charge in [-0.25, -0.2) is 4.68 Å². The predicted molar refractivity (Wildman–Crippen MR) is 112 cm³/mol. The molecule has 5 aromatic rings. The van der Waals surface area contributed by atoms with Gasteiger partial charge >= 0.3 is 0 Å². The van der Waals surface area contributed by atoms with E-state index in [2.05, 4.69) is 5.10 Å². The molecule has 0 unspecified atom stereocenters. The second-order valence-electron chi connectivity index (χ2n) is 6.82. The van der Waals surface area contributed by atoms with Crippen LogP contribution in [0.3, 0.4) is 0 Å². The van der Waals surface area contributed by atoms with E-state index in [0.29, 0.717) is 22.1 Å². The summed E-state index contributed by atoms with van der Waals surface area (Å²) in [6, 6.07) is 21.5. The van der Waals surface area contributed by atoms with Gasteiger partial charge in [-0.1, -0.05) is 35.9 Å². The third-order valence-corrected chi connectivity index (χ3v) is 4.99. The molecule has 0 saturated carbocycles. The second-order valence-corrected chi connectivity index (χ2v) is 7.23. The van der Waals surface area contributed by atoms with E-state index in [1.807, 2.05) is 79.2 Å².